The number of ether oxygens (including phenoxy) is 2. The number of fused-ring (bicyclic) bond motifs is 2. The van der Waals surface area contributed by atoms with E-state index in [4.69, 9.17) is 26.1 Å². The molecule has 2 saturated heterocycles. The maximum absolute atomic E-state index is 14.5. The monoisotopic (exact) mass is 991 g/mol. The molecular formula is C52H62ClN9O7S. The first-order valence-electron chi connectivity index (χ1n) is 24.7. The zero-order chi connectivity index (χ0) is 48.6. The van der Waals surface area contributed by atoms with E-state index in [2.05, 4.69) is 55.7 Å². The number of aromatic amines is 1. The highest BCUT2D eigenvalue weighted by atomic mass is 35.5. The summed E-state index contributed by atoms with van der Waals surface area (Å²) in [5.41, 5.74) is 7.05. The van der Waals surface area contributed by atoms with Crippen molar-refractivity contribution in [3.63, 3.8) is 0 Å². The lowest BCUT2D eigenvalue weighted by Gasteiger charge is -2.39. The highest BCUT2D eigenvalue weighted by Gasteiger charge is 2.33. The largest absolute Gasteiger partial charge is 0.476 e. The molecule has 0 unspecified atom stereocenters. The Kier molecular flexibility index (Phi) is 13.8. The highest BCUT2D eigenvalue weighted by Crippen LogP contribution is 2.44. The second-order valence-corrected chi connectivity index (χ2v) is 22.3. The summed E-state index contributed by atoms with van der Waals surface area (Å²) < 4.78 is 42.2. The lowest BCUT2D eigenvalue weighted by molar-refractivity contribution is -0.384. The van der Waals surface area contributed by atoms with Gasteiger partial charge in [0.05, 0.1) is 40.9 Å². The van der Waals surface area contributed by atoms with Crippen molar-refractivity contribution in [1.82, 2.24) is 24.5 Å². The number of morpholine rings is 1. The lowest BCUT2D eigenvalue weighted by Crippen LogP contribution is -2.47. The van der Waals surface area contributed by atoms with Gasteiger partial charge in [-0.25, -0.2) is 13.1 Å². The van der Waals surface area contributed by atoms with Crippen LogP contribution in [0.1, 0.15) is 81.1 Å². The summed E-state index contributed by atoms with van der Waals surface area (Å²) in [4.78, 5) is 43.2. The van der Waals surface area contributed by atoms with E-state index in [0.717, 1.165) is 126 Å². The van der Waals surface area contributed by atoms with Gasteiger partial charge in [0.25, 0.3) is 21.6 Å². The number of nitro groups is 1. The van der Waals surface area contributed by atoms with Crippen LogP contribution < -0.4 is 24.6 Å². The molecule has 0 bridgehead atoms. The van der Waals surface area contributed by atoms with Crippen molar-refractivity contribution in [2.75, 3.05) is 87.3 Å². The van der Waals surface area contributed by atoms with Crippen molar-refractivity contribution in [2.45, 2.75) is 82.2 Å². The summed E-state index contributed by atoms with van der Waals surface area (Å²) in [6.07, 6.45) is 9.19. The summed E-state index contributed by atoms with van der Waals surface area (Å²) in [7, 11) is -4.58. The van der Waals surface area contributed by atoms with Gasteiger partial charge in [0.2, 0.25) is 5.88 Å². The SMILES string of the molecule is CC1(C)CCC(CN2CCN(c3ccc(C(=O)NS(=O)(=O)c4ccc(N[C@H]5CC[C@H](N6CCOCC6)CC5)c([N+](=O)[O-])c4)c(N4CCCOc5nc6[nH]ccc6cc54)c3)CC2)=C(c2ccc(Cl)cc2)C1. The van der Waals surface area contributed by atoms with E-state index in [1.54, 1.807) is 12.3 Å². The van der Waals surface area contributed by atoms with Crippen LogP contribution in [0.2, 0.25) is 5.02 Å². The average molecular weight is 993 g/mol. The number of hydrogen-bond acceptors (Lipinski definition) is 13. The number of benzene rings is 3. The Labute approximate surface area is 414 Å². The number of amides is 1. The molecule has 5 heterocycles. The van der Waals surface area contributed by atoms with E-state index in [-0.39, 0.29) is 33.3 Å². The zero-order valence-electron chi connectivity index (χ0n) is 39.9. The Morgan fingerprint density at radius 3 is 2.44 bits per heavy atom. The number of pyridine rings is 1. The van der Waals surface area contributed by atoms with Gasteiger partial charge >= 0.3 is 0 Å². The van der Waals surface area contributed by atoms with Crippen molar-refractivity contribution < 1.29 is 27.6 Å². The molecule has 0 spiro atoms. The van der Waals surface area contributed by atoms with Crippen LogP contribution in [0.25, 0.3) is 16.6 Å². The molecule has 10 rings (SSSR count). The maximum atomic E-state index is 14.5. The molecule has 3 aromatic carbocycles. The van der Waals surface area contributed by atoms with Crippen LogP contribution in [0.3, 0.4) is 0 Å². The summed E-state index contributed by atoms with van der Waals surface area (Å²) in [5.74, 6) is -0.467. The number of halogens is 1. The van der Waals surface area contributed by atoms with Gasteiger partial charge < -0.3 is 29.6 Å². The summed E-state index contributed by atoms with van der Waals surface area (Å²) in [6, 6.07) is 21.8. The van der Waals surface area contributed by atoms with Crippen LogP contribution in [0.15, 0.2) is 89.5 Å². The minimum absolute atomic E-state index is 0.00229. The topological polar surface area (TPSA) is 179 Å². The van der Waals surface area contributed by atoms with Crippen LogP contribution in [0, 0.1) is 15.5 Å². The number of H-pyrrole nitrogens is 1. The molecule has 0 radical (unpaired) electrons. The minimum Gasteiger partial charge on any atom is -0.476 e. The number of carbonyl (C=O) groups excluding carboxylic acids is 1. The lowest BCUT2D eigenvalue weighted by atomic mass is 9.72. The third-order valence-corrected chi connectivity index (χ3v) is 16.5. The zero-order valence-corrected chi connectivity index (χ0v) is 41.5. The molecule has 5 aromatic rings. The summed E-state index contributed by atoms with van der Waals surface area (Å²) in [6.45, 7) is 12.9. The molecule has 370 valence electrons. The quantitative estimate of drug-likeness (QED) is 0.0798. The Morgan fingerprint density at radius 2 is 1.69 bits per heavy atom. The normalized spacial score (nSPS) is 21.5. The predicted molar refractivity (Wildman–Crippen MR) is 274 cm³/mol. The molecule has 18 heteroatoms. The molecule has 3 N–H and O–H groups in total. The van der Waals surface area contributed by atoms with Gasteiger partial charge in [0.15, 0.2) is 0 Å². The fraction of sp³-hybridized carbons (Fsp3) is 0.462. The van der Waals surface area contributed by atoms with Crippen molar-refractivity contribution in [1.29, 1.82) is 0 Å². The second kappa shape index (κ2) is 20.2. The number of aromatic nitrogens is 2. The van der Waals surface area contributed by atoms with Gasteiger partial charge in [0.1, 0.15) is 17.0 Å². The van der Waals surface area contributed by atoms with Gasteiger partial charge in [-0.05, 0) is 123 Å². The number of hydrogen-bond donors (Lipinski definition) is 3. The van der Waals surface area contributed by atoms with Crippen LogP contribution in [0.4, 0.5) is 28.4 Å². The van der Waals surface area contributed by atoms with E-state index in [0.29, 0.717) is 48.5 Å². The average Bonchev–Trinajstić information content (AvgIpc) is 3.72. The third kappa shape index (κ3) is 10.5. The van der Waals surface area contributed by atoms with Crippen LogP contribution in [-0.2, 0) is 14.8 Å². The molecule has 0 atom stereocenters. The molecule has 2 aliphatic carbocycles. The van der Waals surface area contributed by atoms with Crippen LogP contribution in [-0.4, -0.2) is 123 Å². The first kappa shape index (κ1) is 47.9. The van der Waals surface area contributed by atoms with Gasteiger partial charge in [0, 0.05) is 92.8 Å². The van der Waals surface area contributed by atoms with E-state index in [1.165, 1.54) is 28.8 Å². The third-order valence-electron chi connectivity index (χ3n) is 14.9. The van der Waals surface area contributed by atoms with Crippen molar-refractivity contribution >= 4 is 72.6 Å². The molecule has 1 saturated carbocycles. The first-order chi connectivity index (χ1) is 33.8. The van der Waals surface area contributed by atoms with E-state index >= 15 is 0 Å². The maximum Gasteiger partial charge on any atom is 0.293 e. The summed E-state index contributed by atoms with van der Waals surface area (Å²) in [5, 5.41) is 17.4. The second-order valence-electron chi connectivity index (χ2n) is 20.1. The smallest absolute Gasteiger partial charge is 0.293 e. The Balaban J connectivity index is 0.893. The van der Waals surface area contributed by atoms with Gasteiger partial charge in [-0.1, -0.05) is 43.2 Å². The number of nitrogens with one attached hydrogen (secondary N) is 3. The number of nitrogens with zero attached hydrogens (tertiary/aromatic N) is 6. The Morgan fingerprint density at radius 1 is 0.914 bits per heavy atom. The number of carbonyl (C=O) groups is 1. The van der Waals surface area contributed by atoms with Gasteiger partial charge in [-0.15, -0.1) is 0 Å². The number of piperazine rings is 1. The molecule has 5 aliphatic rings. The van der Waals surface area contributed by atoms with Crippen LogP contribution in [0.5, 0.6) is 5.88 Å². The molecule has 2 aromatic heterocycles. The fourth-order valence-electron chi connectivity index (χ4n) is 11.0. The number of rotatable bonds is 12. The van der Waals surface area contributed by atoms with Crippen molar-refractivity contribution in [3.8, 4) is 5.88 Å². The minimum atomic E-state index is -4.58. The van der Waals surface area contributed by atoms with E-state index in [9.17, 15) is 23.3 Å². The standard InChI is InChI=1S/C52H62ClN9O7S/c1-52(2)18-16-37(44(33-52)35-4-6-38(53)7-5-35)34-58-21-23-59(24-22-58)41-12-14-43(46(31-41)61-20-3-27-69-51-48(61)30-36-17-19-54-49(36)56-51)50(63)57-70(66,67)42-13-15-45(47(32-42)62(64)65)55-39-8-10-40(11-9-39)60-25-28-68-29-26-60/h4-7,12-15,17,19,30-32,39-40,55H,3,8-11,16,18,20-29,33-34H2,1-2H3,(H,54,56)(H,57,63)/t39-,40-. The fourth-order valence-corrected chi connectivity index (χ4v) is 12.1. The van der Waals surface area contributed by atoms with Crippen molar-refractivity contribution in [2.24, 2.45) is 5.41 Å². The van der Waals surface area contributed by atoms with Crippen LogP contribution >= 0.6 is 11.6 Å². The predicted octanol–water partition coefficient (Wildman–Crippen LogP) is 9.01. The molecule has 70 heavy (non-hydrogen) atoms. The molecule has 3 fully saturated rings. The molecular weight excluding hydrogens is 930 g/mol. The van der Waals surface area contributed by atoms with Gasteiger partial charge in [-0.3, -0.25) is 24.7 Å². The Bertz CT molecular complexity index is 2890. The highest BCUT2D eigenvalue weighted by molar-refractivity contribution is 7.90. The van der Waals surface area contributed by atoms with Crippen molar-refractivity contribution in [3.05, 3.63) is 111 Å². The molecule has 16 nitrogen and oxygen atoms in total. The number of allylic oxidation sites excluding steroid dienone is 1. The number of anilines is 4. The number of sulfonamides is 1. The molecule has 3 aliphatic heterocycles. The number of nitro benzene ring substituents is 1. The van der Waals surface area contributed by atoms with E-state index < -0.39 is 20.9 Å². The van der Waals surface area contributed by atoms with E-state index in [1.807, 2.05) is 41.3 Å². The Hall–Kier alpha value is -5.72. The molecule has 1 amide bonds. The van der Waals surface area contributed by atoms with Gasteiger partial charge in [-0.2, -0.15) is 4.98 Å². The summed E-state index contributed by atoms with van der Waals surface area (Å²) >= 11 is 6.29. The first-order valence-corrected chi connectivity index (χ1v) is 26.5.